The van der Waals surface area contributed by atoms with Crippen LogP contribution in [0.4, 0.5) is 14.6 Å². The highest BCUT2D eigenvalue weighted by Crippen LogP contribution is 2.38. The van der Waals surface area contributed by atoms with Crippen LogP contribution in [-0.4, -0.2) is 22.8 Å². The van der Waals surface area contributed by atoms with Crippen molar-refractivity contribution >= 4 is 33.6 Å². The monoisotopic (exact) mass is 402 g/mol. The van der Waals surface area contributed by atoms with Crippen molar-refractivity contribution in [2.75, 3.05) is 5.43 Å². The van der Waals surface area contributed by atoms with Gasteiger partial charge in [0.05, 0.1) is 11.6 Å². The Balaban J connectivity index is 1.58. The maximum atomic E-state index is 12.2. The highest BCUT2D eigenvalue weighted by molar-refractivity contribution is 7.19. The summed E-state index contributed by atoms with van der Waals surface area (Å²) in [5.74, 6) is 1.64. The zero-order chi connectivity index (χ0) is 19.5. The number of thiophene rings is 1. The van der Waals surface area contributed by atoms with E-state index < -0.39 is 6.61 Å². The molecule has 28 heavy (non-hydrogen) atoms. The van der Waals surface area contributed by atoms with E-state index in [9.17, 15) is 8.78 Å². The Morgan fingerprint density at radius 3 is 2.75 bits per heavy atom. The fraction of sp³-hybridized carbons (Fsp3) is 0.350. The predicted octanol–water partition coefficient (Wildman–Crippen LogP) is 5.18. The molecule has 1 N–H and O–H groups in total. The number of benzene rings is 1. The van der Waals surface area contributed by atoms with Crippen LogP contribution in [0.3, 0.4) is 0 Å². The molecule has 1 aliphatic rings. The molecule has 2 aromatic heterocycles. The topological polar surface area (TPSA) is 59.4 Å². The molecule has 0 saturated heterocycles. The van der Waals surface area contributed by atoms with Gasteiger partial charge in [-0.25, -0.2) is 9.97 Å². The number of nitrogens with zero attached hydrogens (tertiary/aromatic N) is 3. The minimum atomic E-state index is -2.83. The van der Waals surface area contributed by atoms with Gasteiger partial charge in [-0.3, -0.25) is 5.43 Å². The molecule has 4 rings (SSSR count). The normalized spacial score (nSPS) is 14.0. The first-order valence-electron chi connectivity index (χ1n) is 9.29. The van der Waals surface area contributed by atoms with Crippen molar-refractivity contribution < 1.29 is 13.5 Å². The average molecular weight is 402 g/mol. The van der Waals surface area contributed by atoms with Gasteiger partial charge in [-0.2, -0.15) is 13.9 Å². The van der Waals surface area contributed by atoms with Crippen molar-refractivity contribution in [3.63, 3.8) is 0 Å². The molecular formula is C20H20F2N4OS. The second-order valence-corrected chi connectivity index (χ2v) is 7.63. The van der Waals surface area contributed by atoms with Crippen LogP contribution in [0.5, 0.6) is 5.75 Å². The molecule has 146 valence electrons. The van der Waals surface area contributed by atoms with Gasteiger partial charge in [0.25, 0.3) is 0 Å². The van der Waals surface area contributed by atoms with Crippen LogP contribution in [-0.2, 0) is 19.3 Å². The molecular weight excluding hydrogens is 382 g/mol. The number of fused-ring (bicyclic) bond motifs is 3. The lowest BCUT2D eigenvalue weighted by molar-refractivity contribution is -0.0498. The van der Waals surface area contributed by atoms with Crippen LogP contribution < -0.4 is 10.2 Å². The molecule has 8 heteroatoms. The van der Waals surface area contributed by atoms with Gasteiger partial charge in [-0.1, -0.05) is 6.92 Å². The zero-order valence-corrected chi connectivity index (χ0v) is 16.2. The summed E-state index contributed by atoms with van der Waals surface area (Å²) in [4.78, 5) is 11.8. The van der Waals surface area contributed by atoms with E-state index >= 15 is 0 Å². The zero-order valence-electron chi connectivity index (χ0n) is 15.4. The number of rotatable bonds is 6. The number of aromatic nitrogens is 2. The Labute approximate surface area is 165 Å². The van der Waals surface area contributed by atoms with Gasteiger partial charge in [0.15, 0.2) is 5.82 Å². The Kier molecular flexibility index (Phi) is 5.47. The third kappa shape index (κ3) is 3.96. The van der Waals surface area contributed by atoms with E-state index in [0.717, 1.165) is 46.7 Å². The Hall–Kier alpha value is -2.61. The number of halogens is 2. The van der Waals surface area contributed by atoms with E-state index in [2.05, 4.69) is 20.2 Å². The van der Waals surface area contributed by atoms with Crippen LogP contribution in [0.2, 0.25) is 0 Å². The smallest absolute Gasteiger partial charge is 0.387 e. The number of hydrazone groups is 1. The average Bonchev–Trinajstić information content (AvgIpc) is 3.07. The highest BCUT2D eigenvalue weighted by Gasteiger charge is 2.20. The second kappa shape index (κ2) is 8.18. The Bertz CT molecular complexity index is 1000. The summed E-state index contributed by atoms with van der Waals surface area (Å²) >= 11 is 1.76. The number of anilines is 1. The van der Waals surface area contributed by atoms with Crippen LogP contribution in [0, 0.1) is 0 Å². The third-order valence-corrected chi connectivity index (χ3v) is 5.85. The number of alkyl halides is 2. The van der Waals surface area contributed by atoms with E-state index in [4.69, 9.17) is 4.98 Å². The number of hydrogen-bond acceptors (Lipinski definition) is 6. The standard InChI is InChI=1S/C20H20F2N4OS/c1-2-16-24-18(17-14-5-3-4-6-15(14)28-19(17)25-16)26-23-11-12-7-9-13(10-8-12)27-20(21)22/h7-11,20H,2-6H2,1H3,(H,24,25,26)/b23-11+. The summed E-state index contributed by atoms with van der Waals surface area (Å²) in [6.45, 7) is -0.796. The Morgan fingerprint density at radius 2 is 2.00 bits per heavy atom. The minimum absolute atomic E-state index is 0.120. The molecule has 0 spiro atoms. The third-order valence-electron chi connectivity index (χ3n) is 4.67. The molecule has 0 fully saturated rings. The van der Waals surface area contributed by atoms with Crippen LogP contribution in [0.15, 0.2) is 29.4 Å². The first-order valence-corrected chi connectivity index (χ1v) is 10.1. The highest BCUT2D eigenvalue weighted by atomic mass is 32.1. The fourth-order valence-corrected chi connectivity index (χ4v) is 4.62. The summed E-state index contributed by atoms with van der Waals surface area (Å²) in [5, 5.41) is 5.39. The predicted molar refractivity (Wildman–Crippen MR) is 108 cm³/mol. The largest absolute Gasteiger partial charge is 0.435 e. The first-order chi connectivity index (χ1) is 13.6. The molecule has 0 unspecified atom stereocenters. The molecule has 0 saturated carbocycles. The van der Waals surface area contributed by atoms with Gasteiger partial charge in [0, 0.05) is 11.3 Å². The number of nitrogens with one attached hydrogen (secondary N) is 1. The summed E-state index contributed by atoms with van der Waals surface area (Å²) in [7, 11) is 0. The molecule has 3 aromatic rings. The number of hydrogen-bond donors (Lipinski definition) is 1. The van der Waals surface area contributed by atoms with Gasteiger partial charge in [-0.15, -0.1) is 11.3 Å². The molecule has 1 aliphatic carbocycles. The van der Waals surface area contributed by atoms with Gasteiger partial charge in [-0.05, 0) is 61.1 Å². The second-order valence-electron chi connectivity index (χ2n) is 6.55. The maximum Gasteiger partial charge on any atom is 0.387 e. The maximum absolute atomic E-state index is 12.2. The molecule has 0 amide bonds. The molecule has 0 atom stereocenters. The van der Waals surface area contributed by atoms with Gasteiger partial charge in [0.2, 0.25) is 0 Å². The van der Waals surface area contributed by atoms with Crippen molar-refractivity contribution in [2.24, 2.45) is 5.10 Å². The molecule has 5 nitrogen and oxygen atoms in total. The van der Waals surface area contributed by atoms with Crippen molar-refractivity contribution in [3.8, 4) is 5.75 Å². The van der Waals surface area contributed by atoms with Gasteiger partial charge in [0.1, 0.15) is 16.4 Å². The summed E-state index contributed by atoms with van der Waals surface area (Å²) in [6.07, 6.45) is 6.94. The summed E-state index contributed by atoms with van der Waals surface area (Å²) in [5.41, 5.74) is 5.18. The van der Waals surface area contributed by atoms with Gasteiger partial charge >= 0.3 is 6.61 Å². The van der Waals surface area contributed by atoms with Crippen molar-refractivity contribution in [2.45, 2.75) is 45.6 Å². The minimum Gasteiger partial charge on any atom is -0.435 e. The number of ether oxygens (including phenoxy) is 1. The lowest BCUT2D eigenvalue weighted by atomic mass is 9.97. The summed E-state index contributed by atoms with van der Waals surface area (Å²) < 4.78 is 28.8. The van der Waals surface area contributed by atoms with Crippen molar-refractivity contribution in [1.82, 2.24) is 9.97 Å². The quantitative estimate of drug-likeness (QED) is 0.456. The molecule has 2 heterocycles. The molecule has 1 aromatic carbocycles. The van der Waals surface area contributed by atoms with Crippen LogP contribution in [0.1, 0.15) is 41.6 Å². The van der Waals surface area contributed by atoms with E-state index in [1.165, 1.54) is 35.4 Å². The van der Waals surface area contributed by atoms with Gasteiger partial charge < -0.3 is 4.74 Å². The lowest BCUT2D eigenvalue weighted by Crippen LogP contribution is -2.03. The molecule has 0 radical (unpaired) electrons. The van der Waals surface area contributed by atoms with E-state index in [0.29, 0.717) is 0 Å². The Morgan fingerprint density at radius 1 is 1.21 bits per heavy atom. The summed E-state index contributed by atoms with van der Waals surface area (Å²) in [6, 6.07) is 6.31. The lowest BCUT2D eigenvalue weighted by Gasteiger charge is -2.11. The van der Waals surface area contributed by atoms with Crippen LogP contribution >= 0.6 is 11.3 Å². The van der Waals surface area contributed by atoms with E-state index in [-0.39, 0.29) is 5.75 Å². The SMILES string of the molecule is CCc1nc(N/N=C/c2ccc(OC(F)F)cc2)c2c3c(sc2n1)CCCC3. The fourth-order valence-electron chi connectivity index (χ4n) is 3.34. The van der Waals surface area contributed by atoms with Crippen molar-refractivity contribution in [3.05, 3.63) is 46.1 Å². The van der Waals surface area contributed by atoms with Crippen LogP contribution in [0.25, 0.3) is 10.2 Å². The van der Waals surface area contributed by atoms with E-state index in [1.54, 1.807) is 29.7 Å². The molecule has 0 bridgehead atoms. The number of aryl methyl sites for hydroxylation is 3. The van der Waals surface area contributed by atoms with Crippen molar-refractivity contribution in [1.29, 1.82) is 0 Å². The van der Waals surface area contributed by atoms with E-state index in [1.807, 2.05) is 6.92 Å². The molecule has 0 aliphatic heterocycles. The first kappa shape index (κ1) is 18.7.